The molecule has 2 heterocycles. The second-order valence-corrected chi connectivity index (χ2v) is 12.9. The second-order valence-electron chi connectivity index (χ2n) is 12.9. The van der Waals surface area contributed by atoms with Gasteiger partial charge in [0.05, 0.1) is 51.7 Å². The number of carboxylic acids is 1. The van der Waals surface area contributed by atoms with Crippen LogP contribution in [-0.2, 0) is 17.9 Å². The molecule has 0 aliphatic carbocycles. The SMILES string of the molecule is COc1c(N2CCC(C(=O)O)CC2)c(F)cc2c(=O)c(C(=O)NCc3ccc(OC(F)(F)F)cc3C)cn(CC(F)(F)F)c12.C[N+](C)(C)CCO. The number of carbonyl (C=O) groups excluding carboxylic acids is 1. The van der Waals surface area contributed by atoms with Crippen LogP contribution >= 0.6 is 0 Å². The van der Waals surface area contributed by atoms with Crippen LogP contribution in [0.5, 0.6) is 11.5 Å². The van der Waals surface area contributed by atoms with Gasteiger partial charge in [-0.25, -0.2) is 4.39 Å². The Balaban J connectivity index is 0.000000908. The number of rotatable bonds is 10. The minimum Gasteiger partial charge on any atom is -0.492 e. The molecule has 51 heavy (non-hydrogen) atoms. The van der Waals surface area contributed by atoms with E-state index in [-0.39, 0.29) is 56.1 Å². The van der Waals surface area contributed by atoms with Crippen LogP contribution in [0.3, 0.4) is 0 Å². The molecule has 1 aliphatic rings. The highest BCUT2D eigenvalue weighted by atomic mass is 19.4. The van der Waals surface area contributed by atoms with Gasteiger partial charge < -0.3 is 39.0 Å². The molecule has 0 atom stereocenters. The van der Waals surface area contributed by atoms with Crippen molar-refractivity contribution in [2.75, 3.05) is 59.4 Å². The first-order chi connectivity index (χ1) is 23.5. The number of aryl methyl sites for hydroxylation is 1. The van der Waals surface area contributed by atoms with Crippen LogP contribution in [0, 0.1) is 18.7 Å². The summed E-state index contributed by atoms with van der Waals surface area (Å²) in [6.45, 7) is 0.686. The fourth-order valence-corrected chi connectivity index (χ4v) is 5.44. The van der Waals surface area contributed by atoms with Crippen LogP contribution in [0.25, 0.3) is 10.9 Å². The van der Waals surface area contributed by atoms with Crippen molar-refractivity contribution in [3.8, 4) is 11.5 Å². The van der Waals surface area contributed by atoms with E-state index in [1.54, 1.807) is 0 Å². The fourth-order valence-electron chi connectivity index (χ4n) is 5.44. The monoisotopic (exact) mass is 737 g/mol. The summed E-state index contributed by atoms with van der Waals surface area (Å²) >= 11 is 0. The summed E-state index contributed by atoms with van der Waals surface area (Å²) in [6, 6.07) is 4.02. The van der Waals surface area contributed by atoms with Crippen molar-refractivity contribution < 1.29 is 64.5 Å². The van der Waals surface area contributed by atoms with Crippen LogP contribution < -0.4 is 25.1 Å². The number of halogens is 7. The Morgan fingerprint density at radius 3 is 2.16 bits per heavy atom. The summed E-state index contributed by atoms with van der Waals surface area (Å²) in [6.07, 6.45) is -8.80. The zero-order chi connectivity index (χ0) is 38.5. The highest BCUT2D eigenvalue weighted by Crippen LogP contribution is 2.40. The maximum atomic E-state index is 15.5. The van der Waals surface area contributed by atoms with Gasteiger partial charge in [-0.05, 0) is 49.1 Å². The molecular formula is C33H40F7N4O7+. The number of hydrogen-bond acceptors (Lipinski definition) is 7. The number of ether oxygens (including phenoxy) is 2. The van der Waals surface area contributed by atoms with Crippen LogP contribution in [0.1, 0.15) is 34.3 Å². The molecule has 11 nitrogen and oxygen atoms in total. The number of aliphatic hydroxyl groups excluding tert-OH is 1. The fraction of sp³-hybridized carbons (Fsp3) is 0.485. The Morgan fingerprint density at radius 2 is 1.69 bits per heavy atom. The number of benzene rings is 2. The third kappa shape index (κ3) is 11.2. The van der Waals surface area contributed by atoms with E-state index in [2.05, 4.69) is 31.2 Å². The van der Waals surface area contributed by atoms with E-state index in [0.29, 0.717) is 22.4 Å². The molecule has 18 heteroatoms. The molecule has 2 aromatic carbocycles. The van der Waals surface area contributed by atoms with Gasteiger partial charge >= 0.3 is 18.5 Å². The van der Waals surface area contributed by atoms with Gasteiger partial charge in [-0.2, -0.15) is 13.2 Å². The van der Waals surface area contributed by atoms with Gasteiger partial charge in [-0.3, -0.25) is 14.4 Å². The number of carboxylic acid groups (broad SMARTS) is 1. The Labute approximate surface area is 288 Å². The summed E-state index contributed by atoms with van der Waals surface area (Å²) in [5.74, 6) is -4.73. The number of nitrogens with one attached hydrogen (secondary N) is 1. The molecule has 1 amide bonds. The Hall–Kier alpha value is -4.58. The lowest BCUT2D eigenvalue weighted by Gasteiger charge is -2.33. The van der Waals surface area contributed by atoms with Gasteiger partial charge in [0.25, 0.3) is 5.91 Å². The summed E-state index contributed by atoms with van der Waals surface area (Å²) in [5.41, 5.74) is -1.88. The number of anilines is 1. The first-order valence-corrected chi connectivity index (χ1v) is 15.6. The maximum Gasteiger partial charge on any atom is 0.573 e. The van der Waals surface area contributed by atoms with Crippen molar-refractivity contribution in [2.24, 2.45) is 5.92 Å². The number of aromatic nitrogens is 1. The number of amides is 1. The molecule has 0 radical (unpaired) electrons. The Morgan fingerprint density at radius 1 is 1.06 bits per heavy atom. The van der Waals surface area contributed by atoms with E-state index >= 15 is 4.39 Å². The van der Waals surface area contributed by atoms with Crippen LogP contribution in [-0.4, -0.2) is 98.2 Å². The zero-order valence-electron chi connectivity index (χ0n) is 28.5. The highest BCUT2D eigenvalue weighted by molar-refractivity contribution is 5.99. The Kier molecular flexibility index (Phi) is 13.0. The van der Waals surface area contributed by atoms with Gasteiger partial charge in [-0.15, -0.1) is 13.2 Å². The number of methoxy groups -OCH3 is 1. The van der Waals surface area contributed by atoms with E-state index in [4.69, 9.17) is 9.84 Å². The molecule has 1 aromatic heterocycles. The number of pyridine rings is 1. The van der Waals surface area contributed by atoms with Gasteiger partial charge in [0, 0.05) is 25.8 Å². The number of aliphatic carboxylic acids is 1. The number of piperidine rings is 1. The molecule has 3 aromatic rings. The lowest BCUT2D eigenvalue weighted by Crippen LogP contribution is -2.37. The third-order valence-electron chi connectivity index (χ3n) is 7.96. The van der Waals surface area contributed by atoms with Gasteiger partial charge in [0.1, 0.15) is 30.1 Å². The molecule has 1 saturated heterocycles. The average Bonchev–Trinajstić information content (AvgIpc) is 2.99. The van der Waals surface area contributed by atoms with Crippen LogP contribution in [0.15, 0.2) is 35.3 Å². The summed E-state index contributed by atoms with van der Waals surface area (Å²) in [5, 5.41) is 19.4. The average molecular weight is 738 g/mol. The van der Waals surface area contributed by atoms with Gasteiger partial charge in [0.15, 0.2) is 11.6 Å². The minimum atomic E-state index is -4.92. The van der Waals surface area contributed by atoms with E-state index in [9.17, 15) is 45.8 Å². The maximum absolute atomic E-state index is 15.5. The van der Waals surface area contributed by atoms with Crippen molar-refractivity contribution in [1.82, 2.24) is 9.88 Å². The van der Waals surface area contributed by atoms with Crippen molar-refractivity contribution in [2.45, 2.75) is 45.4 Å². The molecule has 4 rings (SSSR count). The lowest BCUT2D eigenvalue weighted by atomic mass is 9.96. The number of quaternary nitrogens is 1. The molecule has 0 unspecified atom stereocenters. The predicted octanol–water partition coefficient (Wildman–Crippen LogP) is 4.83. The smallest absolute Gasteiger partial charge is 0.492 e. The second kappa shape index (κ2) is 16.2. The van der Waals surface area contributed by atoms with Gasteiger partial charge in [0.2, 0.25) is 5.43 Å². The van der Waals surface area contributed by atoms with E-state index in [0.717, 1.165) is 30.3 Å². The quantitative estimate of drug-likeness (QED) is 0.199. The van der Waals surface area contributed by atoms with Crippen molar-refractivity contribution in [3.05, 3.63) is 63.2 Å². The standard InChI is InChI=1S/C28H26F7N3O6.C5H14NO/c1-14-9-17(44-28(33,34)35)4-3-16(14)11-36-25(40)19-12-38(13-27(30,31)32)21-18(23(19)39)10-20(29)22(24(21)43-2)37-7-5-15(6-8-37)26(41)42;1-6(2,3)4-5-7/h3-4,9-10,12,15H,5-8,11,13H2,1-2H3,(H,36,40)(H,41,42);7H,4-5H2,1-3H3/q;+1. The van der Waals surface area contributed by atoms with Gasteiger partial charge in [-0.1, -0.05) is 6.07 Å². The number of nitrogens with zero attached hydrogens (tertiary/aromatic N) is 3. The molecule has 1 fully saturated rings. The molecule has 1 aliphatic heterocycles. The molecule has 282 valence electrons. The first-order valence-electron chi connectivity index (χ1n) is 15.6. The van der Waals surface area contributed by atoms with Crippen LogP contribution in [0.2, 0.25) is 0 Å². The lowest BCUT2D eigenvalue weighted by molar-refractivity contribution is -0.870. The molecular weight excluding hydrogens is 697 g/mol. The minimum absolute atomic E-state index is 0.0580. The zero-order valence-corrected chi connectivity index (χ0v) is 28.5. The van der Waals surface area contributed by atoms with E-state index in [1.807, 2.05) is 0 Å². The molecule has 0 bridgehead atoms. The number of aliphatic hydroxyl groups is 1. The van der Waals surface area contributed by atoms with E-state index in [1.165, 1.54) is 17.9 Å². The number of fused-ring (bicyclic) bond motifs is 1. The van der Waals surface area contributed by atoms with Crippen molar-refractivity contribution >= 4 is 28.5 Å². The summed E-state index contributed by atoms with van der Waals surface area (Å²) < 4.78 is 105. The van der Waals surface area contributed by atoms with Crippen LogP contribution in [0.4, 0.5) is 36.4 Å². The Bertz CT molecular complexity index is 1780. The number of alkyl halides is 6. The number of likely N-dealkylation sites (N-methyl/N-ethyl adjacent to an activating group) is 1. The topological polar surface area (TPSA) is 130 Å². The number of hydrogen-bond donors (Lipinski definition) is 3. The first kappa shape index (κ1) is 40.8. The van der Waals surface area contributed by atoms with Crippen molar-refractivity contribution in [3.63, 3.8) is 0 Å². The molecule has 3 N–H and O–H groups in total. The molecule has 0 spiro atoms. The molecule has 0 saturated carbocycles. The third-order valence-corrected chi connectivity index (χ3v) is 7.96. The summed E-state index contributed by atoms with van der Waals surface area (Å²) in [4.78, 5) is 39.2. The summed E-state index contributed by atoms with van der Waals surface area (Å²) in [7, 11) is 7.24. The number of carbonyl (C=O) groups is 2. The predicted molar refractivity (Wildman–Crippen MR) is 172 cm³/mol. The highest BCUT2D eigenvalue weighted by Gasteiger charge is 2.34. The normalized spacial score (nSPS) is 14.2. The largest absolute Gasteiger partial charge is 0.573 e. The van der Waals surface area contributed by atoms with E-state index < -0.39 is 70.3 Å². The van der Waals surface area contributed by atoms with Crippen molar-refractivity contribution in [1.29, 1.82) is 0 Å².